The van der Waals surface area contributed by atoms with Crippen LogP contribution in [0.1, 0.15) is 32.1 Å². The summed E-state index contributed by atoms with van der Waals surface area (Å²) in [5.74, 6) is 0.845. The standard InChI is InChI=1S/C14H17BrN2S/c15-11-6-7-13-12(8-11)17-14(18-13)16-9-10-4-2-1-3-5-10/h6-8,10H,1-5,9H2,(H,16,17). The Hall–Kier alpha value is -0.610. The van der Waals surface area contributed by atoms with Crippen LogP contribution in [0.3, 0.4) is 0 Å². The molecule has 1 aromatic carbocycles. The first-order chi connectivity index (χ1) is 8.81. The first kappa shape index (κ1) is 12.4. The van der Waals surface area contributed by atoms with Gasteiger partial charge in [0.2, 0.25) is 0 Å². The molecule has 18 heavy (non-hydrogen) atoms. The third kappa shape index (κ3) is 2.86. The van der Waals surface area contributed by atoms with Gasteiger partial charge >= 0.3 is 0 Å². The number of fused-ring (bicyclic) bond motifs is 1. The van der Waals surface area contributed by atoms with Crippen molar-refractivity contribution in [2.45, 2.75) is 32.1 Å². The smallest absolute Gasteiger partial charge is 0.183 e. The summed E-state index contributed by atoms with van der Waals surface area (Å²) in [6.07, 6.45) is 6.98. The number of nitrogens with zero attached hydrogens (tertiary/aromatic N) is 1. The molecule has 1 aliphatic rings. The van der Waals surface area contributed by atoms with E-state index in [0.29, 0.717) is 0 Å². The molecule has 2 aromatic rings. The Morgan fingerprint density at radius 2 is 2.11 bits per heavy atom. The van der Waals surface area contributed by atoms with Crippen LogP contribution in [0.25, 0.3) is 10.2 Å². The monoisotopic (exact) mass is 324 g/mol. The predicted octanol–water partition coefficient (Wildman–Crippen LogP) is 5.05. The second-order valence-corrected chi connectivity index (χ2v) is 6.96. The van der Waals surface area contributed by atoms with Crippen LogP contribution >= 0.6 is 27.3 Å². The average molecular weight is 325 g/mol. The number of halogens is 1. The Labute approximate surface area is 120 Å². The minimum atomic E-state index is 0.845. The number of thiazole rings is 1. The van der Waals surface area contributed by atoms with Gasteiger partial charge in [-0.05, 0) is 37.0 Å². The molecule has 0 spiro atoms. The van der Waals surface area contributed by atoms with Gasteiger partial charge in [0.25, 0.3) is 0 Å². The lowest BCUT2D eigenvalue weighted by molar-refractivity contribution is 0.373. The van der Waals surface area contributed by atoms with Gasteiger partial charge in [-0.3, -0.25) is 0 Å². The number of hydrogen-bond acceptors (Lipinski definition) is 3. The van der Waals surface area contributed by atoms with Crippen molar-refractivity contribution in [1.29, 1.82) is 0 Å². The summed E-state index contributed by atoms with van der Waals surface area (Å²) in [6.45, 7) is 1.08. The fourth-order valence-corrected chi connectivity index (χ4v) is 3.80. The van der Waals surface area contributed by atoms with Gasteiger partial charge in [-0.15, -0.1) is 0 Å². The Morgan fingerprint density at radius 3 is 2.94 bits per heavy atom. The van der Waals surface area contributed by atoms with Gasteiger partial charge < -0.3 is 5.32 Å². The third-order valence-electron chi connectivity index (χ3n) is 3.62. The predicted molar refractivity (Wildman–Crippen MR) is 82.4 cm³/mol. The number of hydrogen-bond donors (Lipinski definition) is 1. The highest BCUT2D eigenvalue weighted by atomic mass is 79.9. The zero-order valence-corrected chi connectivity index (χ0v) is 12.7. The highest BCUT2D eigenvalue weighted by molar-refractivity contribution is 9.10. The van der Waals surface area contributed by atoms with Gasteiger partial charge in [0.1, 0.15) is 0 Å². The van der Waals surface area contributed by atoms with Crippen LogP contribution < -0.4 is 5.32 Å². The summed E-state index contributed by atoms with van der Waals surface area (Å²) in [5.41, 5.74) is 1.08. The molecule has 0 radical (unpaired) electrons. The molecule has 2 nitrogen and oxygen atoms in total. The Balaban J connectivity index is 1.67. The number of rotatable bonds is 3. The molecule has 0 bridgehead atoms. The fourth-order valence-electron chi connectivity index (χ4n) is 2.60. The van der Waals surface area contributed by atoms with Crippen LogP contribution in [-0.2, 0) is 0 Å². The van der Waals surface area contributed by atoms with Crippen molar-refractivity contribution in [2.24, 2.45) is 5.92 Å². The van der Waals surface area contributed by atoms with E-state index in [1.54, 1.807) is 11.3 Å². The largest absolute Gasteiger partial charge is 0.361 e. The van der Waals surface area contributed by atoms with Crippen molar-refractivity contribution in [2.75, 3.05) is 11.9 Å². The van der Waals surface area contributed by atoms with E-state index < -0.39 is 0 Å². The second kappa shape index (κ2) is 5.57. The third-order valence-corrected chi connectivity index (χ3v) is 5.10. The Morgan fingerprint density at radius 1 is 1.28 bits per heavy atom. The quantitative estimate of drug-likeness (QED) is 0.854. The average Bonchev–Trinajstić information content (AvgIpc) is 2.79. The lowest BCUT2D eigenvalue weighted by atomic mass is 9.89. The number of benzene rings is 1. The van der Waals surface area contributed by atoms with E-state index in [1.165, 1.54) is 36.8 Å². The molecule has 0 saturated heterocycles. The molecule has 0 amide bonds. The van der Waals surface area contributed by atoms with Crippen molar-refractivity contribution in [3.05, 3.63) is 22.7 Å². The van der Waals surface area contributed by atoms with E-state index in [1.807, 2.05) is 0 Å². The summed E-state index contributed by atoms with van der Waals surface area (Å²) in [7, 11) is 0. The topological polar surface area (TPSA) is 24.9 Å². The lowest BCUT2D eigenvalue weighted by Crippen LogP contribution is -2.16. The van der Waals surface area contributed by atoms with Gasteiger partial charge in [0.05, 0.1) is 10.2 Å². The molecule has 3 rings (SSSR count). The zero-order valence-electron chi connectivity index (χ0n) is 10.3. The van der Waals surface area contributed by atoms with Gasteiger partial charge in [0.15, 0.2) is 5.13 Å². The van der Waals surface area contributed by atoms with E-state index in [-0.39, 0.29) is 0 Å². The van der Waals surface area contributed by atoms with Crippen molar-refractivity contribution in [1.82, 2.24) is 4.98 Å². The minimum Gasteiger partial charge on any atom is -0.361 e. The molecule has 4 heteroatoms. The van der Waals surface area contributed by atoms with Crippen molar-refractivity contribution in [3.63, 3.8) is 0 Å². The molecule has 0 unspecified atom stereocenters. The highest BCUT2D eigenvalue weighted by Crippen LogP contribution is 2.29. The van der Waals surface area contributed by atoms with E-state index in [0.717, 1.165) is 27.6 Å². The Kier molecular flexibility index (Phi) is 3.85. The molecule has 1 heterocycles. The fraction of sp³-hybridized carbons (Fsp3) is 0.500. The molecule has 0 atom stereocenters. The van der Waals surface area contributed by atoms with E-state index >= 15 is 0 Å². The van der Waals surface area contributed by atoms with Gasteiger partial charge in [0, 0.05) is 11.0 Å². The first-order valence-electron chi connectivity index (χ1n) is 6.61. The SMILES string of the molecule is Brc1ccc2sc(NCC3CCCCC3)nc2c1. The van der Waals surface area contributed by atoms with Crippen LogP contribution in [0.4, 0.5) is 5.13 Å². The zero-order chi connectivity index (χ0) is 12.4. The van der Waals surface area contributed by atoms with E-state index in [4.69, 9.17) is 0 Å². The normalized spacial score (nSPS) is 17.2. The molecular weight excluding hydrogens is 308 g/mol. The summed E-state index contributed by atoms with van der Waals surface area (Å²) in [5, 5.41) is 4.58. The van der Waals surface area contributed by atoms with Crippen LogP contribution in [0.2, 0.25) is 0 Å². The molecule has 1 N–H and O–H groups in total. The van der Waals surface area contributed by atoms with Gasteiger partial charge in [-0.1, -0.05) is 46.5 Å². The number of nitrogens with one attached hydrogen (secondary N) is 1. The van der Waals surface area contributed by atoms with Crippen LogP contribution in [0.15, 0.2) is 22.7 Å². The maximum atomic E-state index is 4.64. The van der Waals surface area contributed by atoms with Crippen molar-refractivity contribution >= 4 is 42.6 Å². The van der Waals surface area contributed by atoms with Crippen LogP contribution in [0.5, 0.6) is 0 Å². The second-order valence-electron chi connectivity index (χ2n) is 5.02. The molecule has 1 saturated carbocycles. The molecule has 1 aromatic heterocycles. The van der Waals surface area contributed by atoms with E-state index in [2.05, 4.69) is 44.4 Å². The van der Waals surface area contributed by atoms with Crippen molar-refractivity contribution < 1.29 is 0 Å². The molecule has 1 aliphatic carbocycles. The molecule has 96 valence electrons. The number of aromatic nitrogens is 1. The summed E-state index contributed by atoms with van der Waals surface area (Å²) >= 11 is 5.24. The molecule has 1 fully saturated rings. The Bertz CT molecular complexity index is 532. The maximum absolute atomic E-state index is 4.64. The summed E-state index contributed by atoms with van der Waals surface area (Å²) in [6, 6.07) is 6.28. The van der Waals surface area contributed by atoms with Crippen LogP contribution in [0, 0.1) is 5.92 Å². The minimum absolute atomic E-state index is 0.845. The van der Waals surface area contributed by atoms with Gasteiger partial charge in [-0.25, -0.2) is 4.98 Å². The number of anilines is 1. The van der Waals surface area contributed by atoms with Crippen molar-refractivity contribution in [3.8, 4) is 0 Å². The molecule has 0 aliphatic heterocycles. The summed E-state index contributed by atoms with van der Waals surface area (Å²) in [4.78, 5) is 4.64. The maximum Gasteiger partial charge on any atom is 0.183 e. The molecular formula is C14H17BrN2S. The summed E-state index contributed by atoms with van der Waals surface area (Å²) < 4.78 is 2.35. The van der Waals surface area contributed by atoms with Gasteiger partial charge in [-0.2, -0.15) is 0 Å². The highest BCUT2D eigenvalue weighted by Gasteiger charge is 2.13. The first-order valence-corrected chi connectivity index (χ1v) is 8.22. The van der Waals surface area contributed by atoms with Crippen LogP contribution in [-0.4, -0.2) is 11.5 Å². The lowest BCUT2D eigenvalue weighted by Gasteiger charge is -2.21. The van der Waals surface area contributed by atoms with E-state index in [9.17, 15) is 0 Å².